The Morgan fingerprint density at radius 2 is 2.28 bits per heavy atom. The second kappa shape index (κ2) is 4.07. The maximum atomic E-state index is 12.6. The highest BCUT2D eigenvalue weighted by molar-refractivity contribution is 7.10. The van der Waals surface area contributed by atoms with Crippen molar-refractivity contribution in [2.45, 2.75) is 44.7 Å². The van der Waals surface area contributed by atoms with Crippen LogP contribution in [0.1, 0.15) is 43.2 Å². The molecular formula is C14H20N2OS. The van der Waals surface area contributed by atoms with Crippen molar-refractivity contribution >= 4 is 17.2 Å². The topological polar surface area (TPSA) is 46.3 Å². The number of amides is 1. The lowest BCUT2D eigenvalue weighted by molar-refractivity contribution is -0.139. The normalized spacial score (nSPS) is 26.6. The zero-order chi connectivity index (χ0) is 12.9. The van der Waals surface area contributed by atoms with Crippen LogP contribution < -0.4 is 5.73 Å². The van der Waals surface area contributed by atoms with Crippen molar-refractivity contribution in [3.05, 3.63) is 21.9 Å². The van der Waals surface area contributed by atoms with Gasteiger partial charge in [-0.2, -0.15) is 0 Å². The van der Waals surface area contributed by atoms with Crippen LogP contribution >= 0.6 is 11.3 Å². The number of thiophene rings is 1. The molecule has 1 saturated carbocycles. The first kappa shape index (κ1) is 12.2. The fraction of sp³-hybridized carbons (Fsp3) is 0.643. The molecule has 2 heterocycles. The van der Waals surface area contributed by atoms with Crippen LogP contribution in [0.15, 0.2) is 11.4 Å². The third-order valence-corrected chi connectivity index (χ3v) is 5.42. The molecule has 0 bridgehead atoms. The minimum Gasteiger partial charge on any atom is -0.334 e. The van der Waals surface area contributed by atoms with E-state index < -0.39 is 5.54 Å². The Balaban J connectivity index is 1.84. The number of hydrogen-bond acceptors (Lipinski definition) is 3. The molecule has 3 nitrogen and oxygen atoms in total. The molecule has 2 N–H and O–H groups in total. The standard InChI is InChI=1S/C14H20N2OS/c1-9-11-6-8-18-12(11)5-7-16(9)13(17)14(2,15)10-3-4-10/h6,8-10H,3-5,7,15H2,1-2H3. The summed E-state index contributed by atoms with van der Waals surface area (Å²) in [7, 11) is 0. The first-order valence-corrected chi connectivity index (χ1v) is 7.56. The smallest absolute Gasteiger partial charge is 0.243 e. The molecule has 0 aromatic carbocycles. The molecule has 1 aromatic rings. The van der Waals surface area contributed by atoms with Gasteiger partial charge in [-0.05, 0) is 56.0 Å². The highest BCUT2D eigenvalue weighted by atomic mass is 32.1. The van der Waals surface area contributed by atoms with Crippen molar-refractivity contribution in [1.29, 1.82) is 0 Å². The SMILES string of the molecule is CC1c2ccsc2CCN1C(=O)C(C)(N)C1CC1. The van der Waals surface area contributed by atoms with Crippen LogP contribution in [0, 0.1) is 5.92 Å². The summed E-state index contributed by atoms with van der Waals surface area (Å²) >= 11 is 1.80. The van der Waals surface area contributed by atoms with Gasteiger partial charge in [0, 0.05) is 11.4 Å². The second-order valence-electron chi connectivity index (χ2n) is 5.78. The molecule has 3 rings (SSSR count). The van der Waals surface area contributed by atoms with E-state index in [2.05, 4.69) is 18.4 Å². The predicted molar refractivity (Wildman–Crippen MR) is 73.5 cm³/mol. The number of rotatable bonds is 2. The van der Waals surface area contributed by atoms with E-state index in [4.69, 9.17) is 5.73 Å². The van der Waals surface area contributed by atoms with E-state index >= 15 is 0 Å². The van der Waals surface area contributed by atoms with Gasteiger partial charge in [0.1, 0.15) is 0 Å². The van der Waals surface area contributed by atoms with Gasteiger partial charge in [0.25, 0.3) is 0 Å². The average Bonchev–Trinajstić information content (AvgIpc) is 3.09. The molecule has 1 amide bonds. The largest absolute Gasteiger partial charge is 0.334 e. The lowest BCUT2D eigenvalue weighted by Crippen LogP contribution is -2.56. The summed E-state index contributed by atoms with van der Waals surface area (Å²) in [5, 5.41) is 2.12. The van der Waals surface area contributed by atoms with Crippen molar-refractivity contribution in [1.82, 2.24) is 4.90 Å². The highest BCUT2D eigenvalue weighted by Gasteiger charge is 2.47. The first-order valence-electron chi connectivity index (χ1n) is 6.68. The molecule has 1 aliphatic heterocycles. The van der Waals surface area contributed by atoms with Crippen LogP contribution in [0.3, 0.4) is 0 Å². The van der Waals surface area contributed by atoms with Gasteiger partial charge < -0.3 is 10.6 Å². The van der Waals surface area contributed by atoms with Gasteiger partial charge in [-0.25, -0.2) is 0 Å². The molecule has 0 saturated heterocycles. The van der Waals surface area contributed by atoms with Crippen LogP contribution in [0.2, 0.25) is 0 Å². The van der Waals surface area contributed by atoms with Crippen LogP contribution in [0.25, 0.3) is 0 Å². The van der Waals surface area contributed by atoms with E-state index in [0.29, 0.717) is 5.92 Å². The fourth-order valence-electron chi connectivity index (χ4n) is 2.95. The summed E-state index contributed by atoms with van der Waals surface area (Å²) in [6.45, 7) is 4.83. The molecule has 2 aliphatic rings. The minimum atomic E-state index is -0.665. The van der Waals surface area contributed by atoms with E-state index in [1.165, 1.54) is 10.4 Å². The predicted octanol–water partition coefficient (Wildman–Crippen LogP) is 2.32. The Morgan fingerprint density at radius 3 is 2.94 bits per heavy atom. The Kier molecular flexibility index (Phi) is 2.75. The minimum absolute atomic E-state index is 0.134. The molecular weight excluding hydrogens is 244 g/mol. The van der Waals surface area contributed by atoms with Crippen molar-refractivity contribution < 1.29 is 4.79 Å². The van der Waals surface area contributed by atoms with Crippen molar-refractivity contribution in [3.63, 3.8) is 0 Å². The maximum absolute atomic E-state index is 12.6. The van der Waals surface area contributed by atoms with E-state index in [0.717, 1.165) is 25.8 Å². The van der Waals surface area contributed by atoms with Gasteiger partial charge in [-0.15, -0.1) is 11.3 Å². The maximum Gasteiger partial charge on any atom is 0.243 e. The zero-order valence-electron chi connectivity index (χ0n) is 11.0. The molecule has 1 aliphatic carbocycles. The third-order valence-electron chi connectivity index (χ3n) is 4.42. The van der Waals surface area contributed by atoms with E-state index in [1.807, 2.05) is 11.8 Å². The Hall–Kier alpha value is -0.870. The third kappa shape index (κ3) is 1.79. The number of nitrogens with zero attached hydrogens (tertiary/aromatic N) is 1. The number of carbonyl (C=O) groups is 1. The average molecular weight is 264 g/mol. The van der Waals surface area contributed by atoms with Crippen LogP contribution in [0.5, 0.6) is 0 Å². The fourth-order valence-corrected chi connectivity index (χ4v) is 3.92. The van der Waals surface area contributed by atoms with Gasteiger partial charge in [-0.1, -0.05) is 0 Å². The number of fused-ring (bicyclic) bond motifs is 1. The molecule has 98 valence electrons. The number of hydrogen-bond donors (Lipinski definition) is 1. The number of nitrogens with two attached hydrogens (primary N) is 1. The van der Waals surface area contributed by atoms with Gasteiger partial charge in [-0.3, -0.25) is 4.79 Å². The summed E-state index contributed by atoms with van der Waals surface area (Å²) in [5.74, 6) is 0.524. The van der Waals surface area contributed by atoms with Crippen molar-refractivity contribution in [2.24, 2.45) is 11.7 Å². The summed E-state index contributed by atoms with van der Waals surface area (Å²) in [6.07, 6.45) is 3.18. The second-order valence-corrected chi connectivity index (χ2v) is 6.78. The van der Waals surface area contributed by atoms with Crippen LogP contribution in [0.4, 0.5) is 0 Å². The molecule has 2 atom stereocenters. The van der Waals surface area contributed by atoms with Crippen LogP contribution in [-0.2, 0) is 11.2 Å². The van der Waals surface area contributed by atoms with E-state index in [9.17, 15) is 4.79 Å². The van der Waals surface area contributed by atoms with Crippen LogP contribution in [-0.4, -0.2) is 22.9 Å². The molecule has 2 unspecified atom stereocenters. The monoisotopic (exact) mass is 264 g/mol. The molecule has 4 heteroatoms. The Bertz CT molecular complexity index is 476. The Labute approximate surface area is 112 Å². The van der Waals surface area contributed by atoms with Gasteiger partial charge in [0.2, 0.25) is 5.91 Å². The lowest BCUT2D eigenvalue weighted by atomic mass is 9.92. The summed E-state index contributed by atoms with van der Waals surface area (Å²) < 4.78 is 0. The lowest BCUT2D eigenvalue weighted by Gasteiger charge is -2.38. The first-order chi connectivity index (χ1) is 8.51. The van der Waals surface area contributed by atoms with E-state index in [-0.39, 0.29) is 11.9 Å². The van der Waals surface area contributed by atoms with Gasteiger partial charge in [0.15, 0.2) is 0 Å². The summed E-state index contributed by atoms with van der Waals surface area (Å²) in [4.78, 5) is 16.1. The summed E-state index contributed by atoms with van der Waals surface area (Å²) in [6, 6.07) is 2.32. The summed E-state index contributed by atoms with van der Waals surface area (Å²) in [5.41, 5.74) is 6.91. The molecule has 0 radical (unpaired) electrons. The van der Waals surface area contributed by atoms with Gasteiger partial charge in [0.05, 0.1) is 11.6 Å². The number of carbonyl (C=O) groups excluding carboxylic acids is 1. The molecule has 1 aromatic heterocycles. The van der Waals surface area contributed by atoms with Crippen molar-refractivity contribution in [2.75, 3.05) is 6.54 Å². The zero-order valence-corrected chi connectivity index (χ0v) is 11.8. The Morgan fingerprint density at radius 1 is 1.56 bits per heavy atom. The molecule has 1 fully saturated rings. The van der Waals surface area contributed by atoms with E-state index in [1.54, 1.807) is 11.3 Å². The molecule has 0 spiro atoms. The highest BCUT2D eigenvalue weighted by Crippen LogP contribution is 2.41. The molecule has 18 heavy (non-hydrogen) atoms. The van der Waals surface area contributed by atoms with Crippen molar-refractivity contribution in [3.8, 4) is 0 Å². The van der Waals surface area contributed by atoms with Gasteiger partial charge >= 0.3 is 0 Å². The quantitative estimate of drug-likeness (QED) is 0.891.